The third kappa shape index (κ3) is 4.05. The average molecular weight is 515 g/mol. The number of piperidine rings is 1. The van der Waals surface area contributed by atoms with Crippen molar-refractivity contribution in [3.63, 3.8) is 0 Å². The van der Waals surface area contributed by atoms with E-state index < -0.39 is 0 Å². The number of allylic oxidation sites excluding steroid dienone is 1. The van der Waals surface area contributed by atoms with Crippen LogP contribution in [0.2, 0.25) is 0 Å². The molecule has 0 amide bonds. The number of methoxy groups -OCH3 is 2. The first-order chi connectivity index (χ1) is 18.4. The molecule has 4 heterocycles. The summed E-state index contributed by atoms with van der Waals surface area (Å²) in [6.07, 6.45) is 2.73. The molecule has 1 aromatic heterocycles. The van der Waals surface area contributed by atoms with E-state index in [2.05, 4.69) is 4.90 Å². The van der Waals surface area contributed by atoms with Crippen LogP contribution in [0.15, 0.2) is 53.0 Å². The number of nitrogens with zero attached hydrogens (tertiary/aromatic N) is 2. The minimum absolute atomic E-state index is 0.0559. The third-order valence-electron chi connectivity index (χ3n) is 7.86. The molecule has 3 aromatic rings. The number of pyridine rings is 1. The molecule has 38 heavy (non-hydrogen) atoms. The highest BCUT2D eigenvalue weighted by Gasteiger charge is 2.37. The summed E-state index contributed by atoms with van der Waals surface area (Å²) in [6, 6.07) is 12.5. The number of ether oxygens (including phenoxy) is 3. The Kier molecular flexibility index (Phi) is 5.99. The standard InChI is InChI=1S/C30H30N2O6/c1-17-9-23(33)21(16-31-13-19-10-20(15-31)22-5-4-6-27(34)32(22)14-19)30-28(17)29(35)26(38-30)12-18-7-8-24(36-2)25(11-18)37-3/h4-9,11-12,19-20,33H,10,13-16H2,1-3H3/b26-12-/t19-,20+/m1/s1. The van der Waals surface area contributed by atoms with Crippen LogP contribution in [0, 0.1) is 12.8 Å². The van der Waals surface area contributed by atoms with Gasteiger partial charge in [0.2, 0.25) is 5.78 Å². The van der Waals surface area contributed by atoms with Gasteiger partial charge in [-0.3, -0.25) is 14.5 Å². The summed E-state index contributed by atoms with van der Waals surface area (Å²) < 4.78 is 18.8. The predicted octanol–water partition coefficient (Wildman–Crippen LogP) is 4.12. The molecule has 1 saturated heterocycles. The Balaban J connectivity index is 1.30. The molecular formula is C30H30N2O6. The molecule has 1 fully saturated rings. The van der Waals surface area contributed by atoms with Crippen molar-refractivity contribution in [2.24, 2.45) is 5.92 Å². The number of carbonyl (C=O) groups is 1. The summed E-state index contributed by atoms with van der Waals surface area (Å²) >= 11 is 0. The molecule has 2 bridgehead atoms. The van der Waals surface area contributed by atoms with Crippen molar-refractivity contribution in [1.82, 2.24) is 9.47 Å². The minimum Gasteiger partial charge on any atom is -0.507 e. The Morgan fingerprint density at radius 1 is 1.05 bits per heavy atom. The van der Waals surface area contributed by atoms with Gasteiger partial charge in [0.15, 0.2) is 17.3 Å². The molecule has 2 aromatic carbocycles. The number of fused-ring (bicyclic) bond motifs is 5. The van der Waals surface area contributed by atoms with Crippen LogP contribution >= 0.6 is 0 Å². The first-order valence-corrected chi connectivity index (χ1v) is 12.8. The molecule has 2 atom stereocenters. The lowest BCUT2D eigenvalue weighted by molar-refractivity contribution is 0.101. The molecule has 0 unspecified atom stereocenters. The number of hydrogen-bond acceptors (Lipinski definition) is 7. The Labute approximate surface area is 220 Å². The van der Waals surface area contributed by atoms with Crippen LogP contribution in [0.3, 0.4) is 0 Å². The van der Waals surface area contributed by atoms with E-state index in [4.69, 9.17) is 14.2 Å². The van der Waals surface area contributed by atoms with E-state index in [1.54, 1.807) is 44.6 Å². The number of rotatable bonds is 5. The number of phenolic OH excluding ortho intramolecular Hbond substituents is 1. The van der Waals surface area contributed by atoms with Gasteiger partial charge >= 0.3 is 0 Å². The van der Waals surface area contributed by atoms with E-state index in [1.165, 1.54) is 0 Å². The monoisotopic (exact) mass is 514 g/mol. The van der Waals surface area contributed by atoms with Gasteiger partial charge in [-0.05, 0) is 60.7 Å². The van der Waals surface area contributed by atoms with Crippen molar-refractivity contribution in [3.05, 3.63) is 86.5 Å². The lowest BCUT2D eigenvalue weighted by Gasteiger charge is -2.43. The first-order valence-electron chi connectivity index (χ1n) is 12.8. The first kappa shape index (κ1) is 24.3. The molecule has 196 valence electrons. The van der Waals surface area contributed by atoms with Gasteiger partial charge in [-0.15, -0.1) is 0 Å². The zero-order valence-corrected chi connectivity index (χ0v) is 21.7. The second-order valence-electron chi connectivity index (χ2n) is 10.3. The van der Waals surface area contributed by atoms with Crippen LogP contribution in [-0.4, -0.2) is 47.7 Å². The van der Waals surface area contributed by atoms with Crippen molar-refractivity contribution in [1.29, 1.82) is 0 Å². The second kappa shape index (κ2) is 9.36. The van der Waals surface area contributed by atoms with E-state index in [-0.39, 0.29) is 28.8 Å². The Bertz CT molecular complexity index is 1540. The number of benzene rings is 2. The number of phenols is 1. The number of aromatic hydroxyl groups is 1. The zero-order chi connectivity index (χ0) is 26.6. The summed E-state index contributed by atoms with van der Waals surface area (Å²) in [5, 5.41) is 11.0. The number of Topliss-reactive ketones (excluding diaryl/α,β-unsaturated/α-hetero) is 1. The fourth-order valence-corrected chi connectivity index (χ4v) is 6.18. The normalized spacial score (nSPS) is 21.1. The molecule has 1 N–H and O–H groups in total. The maximum absolute atomic E-state index is 13.4. The molecule has 0 radical (unpaired) electrons. The quantitative estimate of drug-likeness (QED) is 0.513. The fourth-order valence-electron chi connectivity index (χ4n) is 6.18. The maximum atomic E-state index is 13.4. The third-order valence-corrected chi connectivity index (χ3v) is 7.86. The maximum Gasteiger partial charge on any atom is 0.250 e. The van der Waals surface area contributed by atoms with Crippen LogP contribution in [-0.2, 0) is 13.1 Å². The number of hydrogen-bond donors (Lipinski definition) is 1. The van der Waals surface area contributed by atoms with Gasteiger partial charge in [-0.2, -0.15) is 0 Å². The topological polar surface area (TPSA) is 90.2 Å². The van der Waals surface area contributed by atoms with E-state index in [1.807, 2.05) is 29.7 Å². The van der Waals surface area contributed by atoms with Crippen molar-refractivity contribution >= 4 is 11.9 Å². The van der Waals surface area contributed by atoms with Crippen molar-refractivity contribution in [2.45, 2.75) is 32.4 Å². The number of likely N-dealkylation sites (tertiary alicyclic amines) is 1. The van der Waals surface area contributed by atoms with Crippen molar-refractivity contribution in [2.75, 3.05) is 27.3 Å². The smallest absolute Gasteiger partial charge is 0.250 e. The van der Waals surface area contributed by atoms with Gasteiger partial charge < -0.3 is 23.9 Å². The van der Waals surface area contributed by atoms with Gasteiger partial charge in [0.1, 0.15) is 11.5 Å². The summed E-state index contributed by atoms with van der Waals surface area (Å²) in [5.41, 5.74) is 3.63. The molecule has 0 spiro atoms. The Morgan fingerprint density at radius 3 is 2.66 bits per heavy atom. The second-order valence-corrected chi connectivity index (χ2v) is 10.3. The zero-order valence-electron chi connectivity index (χ0n) is 21.7. The van der Waals surface area contributed by atoms with Crippen molar-refractivity contribution in [3.8, 4) is 23.0 Å². The predicted molar refractivity (Wildman–Crippen MR) is 142 cm³/mol. The highest BCUT2D eigenvalue weighted by atomic mass is 16.5. The van der Waals surface area contributed by atoms with Crippen molar-refractivity contribution < 1.29 is 24.1 Å². The van der Waals surface area contributed by atoms with Crippen LogP contribution in [0.4, 0.5) is 0 Å². The average Bonchev–Trinajstić information content (AvgIpc) is 3.23. The van der Waals surface area contributed by atoms with Crippen LogP contribution in [0.5, 0.6) is 23.0 Å². The Morgan fingerprint density at radius 2 is 1.87 bits per heavy atom. The number of aryl methyl sites for hydroxylation is 1. The van der Waals surface area contributed by atoms with E-state index in [0.717, 1.165) is 30.8 Å². The van der Waals surface area contributed by atoms with Gasteiger partial charge in [-0.25, -0.2) is 0 Å². The summed E-state index contributed by atoms with van der Waals surface area (Å²) in [6.45, 7) is 4.54. The Hall–Kier alpha value is -4.04. The SMILES string of the molecule is COc1ccc(/C=C2\Oc3c(CN4C[C@H]5C[C@@H](C4)c4cccc(=O)n4C5)c(O)cc(C)c3C2=O)cc1OC. The summed E-state index contributed by atoms with van der Waals surface area (Å²) in [7, 11) is 3.13. The summed E-state index contributed by atoms with van der Waals surface area (Å²) in [4.78, 5) is 28.1. The van der Waals surface area contributed by atoms with Gasteiger partial charge in [-0.1, -0.05) is 12.1 Å². The van der Waals surface area contributed by atoms with Crippen LogP contribution in [0.25, 0.3) is 6.08 Å². The van der Waals surface area contributed by atoms with E-state index in [9.17, 15) is 14.7 Å². The molecule has 0 aliphatic carbocycles. The molecular weight excluding hydrogens is 484 g/mol. The van der Waals surface area contributed by atoms with Gasteiger partial charge in [0.25, 0.3) is 5.56 Å². The molecule has 3 aliphatic rings. The highest BCUT2D eigenvalue weighted by molar-refractivity contribution is 6.15. The lowest BCUT2D eigenvalue weighted by atomic mass is 9.83. The number of ketones is 1. The van der Waals surface area contributed by atoms with Gasteiger partial charge in [0, 0.05) is 43.9 Å². The summed E-state index contributed by atoms with van der Waals surface area (Å²) in [5.74, 6) is 2.28. The molecule has 3 aliphatic heterocycles. The van der Waals surface area contributed by atoms with E-state index in [0.29, 0.717) is 52.9 Å². The highest BCUT2D eigenvalue weighted by Crippen LogP contribution is 2.44. The number of carbonyl (C=O) groups excluding carboxylic acids is 1. The van der Waals surface area contributed by atoms with Crippen LogP contribution in [0.1, 0.15) is 45.1 Å². The molecule has 8 heteroatoms. The van der Waals surface area contributed by atoms with E-state index >= 15 is 0 Å². The number of aromatic nitrogens is 1. The minimum atomic E-state index is -0.211. The molecule has 6 rings (SSSR count). The largest absolute Gasteiger partial charge is 0.507 e. The molecule has 0 saturated carbocycles. The fraction of sp³-hybridized carbons (Fsp3) is 0.333. The van der Waals surface area contributed by atoms with Crippen LogP contribution < -0.4 is 19.8 Å². The van der Waals surface area contributed by atoms with Gasteiger partial charge in [0.05, 0.1) is 25.3 Å². The molecule has 8 nitrogen and oxygen atoms in total. The lowest BCUT2D eigenvalue weighted by Crippen LogP contribution is -2.46.